The summed E-state index contributed by atoms with van der Waals surface area (Å²) in [4.78, 5) is 24.4. The molecule has 0 aliphatic heterocycles. The van der Waals surface area contributed by atoms with Crippen LogP contribution in [0.1, 0.15) is 52.4 Å². The van der Waals surface area contributed by atoms with E-state index in [9.17, 15) is 14.7 Å². The van der Waals surface area contributed by atoms with Crippen LogP contribution in [0.4, 0.5) is 0 Å². The Morgan fingerprint density at radius 2 is 1.92 bits per heavy atom. The highest BCUT2D eigenvalue weighted by Crippen LogP contribution is 2.34. The molecule has 0 amide bonds. The van der Waals surface area contributed by atoms with Gasteiger partial charge in [0.15, 0.2) is 5.78 Å². The van der Waals surface area contributed by atoms with E-state index in [2.05, 4.69) is 0 Å². The minimum absolute atomic E-state index is 0.0453. The van der Waals surface area contributed by atoms with Crippen LogP contribution in [0.15, 0.2) is 36.4 Å². The molecule has 24 heavy (non-hydrogen) atoms. The van der Waals surface area contributed by atoms with Crippen molar-refractivity contribution in [1.82, 2.24) is 0 Å². The molecular formula is C20H20O4. The Bertz CT molecular complexity index is 807. The molecule has 4 heteroatoms. The predicted molar refractivity (Wildman–Crippen MR) is 90.9 cm³/mol. The Balaban J connectivity index is 2.18. The first-order chi connectivity index (χ1) is 11.5. The van der Waals surface area contributed by atoms with Gasteiger partial charge in [0.1, 0.15) is 5.75 Å². The van der Waals surface area contributed by atoms with Crippen LogP contribution in [0.25, 0.3) is 0 Å². The largest absolute Gasteiger partial charge is 0.493 e. The van der Waals surface area contributed by atoms with Gasteiger partial charge in [-0.1, -0.05) is 30.3 Å². The van der Waals surface area contributed by atoms with E-state index < -0.39 is 11.9 Å². The minimum Gasteiger partial charge on any atom is -0.493 e. The molecule has 0 bridgehead atoms. The van der Waals surface area contributed by atoms with Crippen molar-refractivity contribution >= 4 is 11.8 Å². The molecule has 0 radical (unpaired) electrons. The molecule has 3 rings (SSSR count). The Labute approximate surface area is 141 Å². The second-order valence-corrected chi connectivity index (χ2v) is 6.03. The molecule has 0 fully saturated rings. The molecule has 0 aromatic heterocycles. The van der Waals surface area contributed by atoms with Gasteiger partial charge in [-0.05, 0) is 49.4 Å². The second kappa shape index (κ2) is 6.48. The maximum Gasteiger partial charge on any atom is 0.310 e. The van der Waals surface area contributed by atoms with Gasteiger partial charge >= 0.3 is 5.97 Å². The number of aliphatic carboxylic acids is 1. The van der Waals surface area contributed by atoms with Gasteiger partial charge in [-0.3, -0.25) is 9.59 Å². The fourth-order valence-electron chi connectivity index (χ4n) is 3.18. The number of benzene rings is 2. The van der Waals surface area contributed by atoms with Crippen LogP contribution < -0.4 is 4.74 Å². The van der Waals surface area contributed by atoms with Crippen LogP contribution in [0.3, 0.4) is 0 Å². The monoisotopic (exact) mass is 324 g/mol. The van der Waals surface area contributed by atoms with Gasteiger partial charge in [-0.25, -0.2) is 0 Å². The van der Waals surface area contributed by atoms with Crippen molar-refractivity contribution in [3.63, 3.8) is 0 Å². The van der Waals surface area contributed by atoms with Gasteiger partial charge in [0.25, 0.3) is 0 Å². The van der Waals surface area contributed by atoms with Crippen molar-refractivity contribution < 1.29 is 19.4 Å². The van der Waals surface area contributed by atoms with Gasteiger partial charge in [0.05, 0.1) is 18.1 Å². The van der Waals surface area contributed by atoms with Crippen molar-refractivity contribution in [3.8, 4) is 5.75 Å². The van der Waals surface area contributed by atoms with Gasteiger partial charge < -0.3 is 9.84 Å². The zero-order valence-corrected chi connectivity index (χ0v) is 13.8. The SMILES string of the molecule is CCOc1cc(C(C)C(=O)O)cc2c1C(=O)c1ccccc1CC2. The van der Waals surface area contributed by atoms with Gasteiger partial charge in [-0.2, -0.15) is 0 Å². The number of carbonyl (C=O) groups is 2. The molecule has 0 saturated heterocycles. The summed E-state index contributed by atoms with van der Waals surface area (Å²) in [5, 5.41) is 9.30. The fraction of sp³-hybridized carbons (Fsp3) is 0.300. The van der Waals surface area contributed by atoms with E-state index >= 15 is 0 Å². The first kappa shape index (κ1) is 16.2. The van der Waals surface area contributed by atoms with Crippen molar-refractivity contribution in [3.05, 3.63) is 64.2 Å². The van der Waals surface area contributed by atoms with E-state index in [0.29, 0.717) is 35.5 Å². The molecular weight excluding hydrogens is 304 g/mol. The van der Waals surface area contributed by atoms with Crippen LogP contribution in [0, 0.1) is 0 Å². The van der Waals surface area contributed by atoms with E-state index in [-0.39, 0.29) is 5.78 Å². The molecule has 2 aromatic rings. The highest BCUT2D eigenvalue weighted by atomic mass is 16.5. The number of carbonyl (C=O) groups excluding carboxylic acids is 1. The number of hydrogen-bond acceptors (Lipinski definition) is 3. The smallest absolute Gasteiger partial charge is 0.310 e. The number of carboxylic acids is 1. The highest BCUT2D eigenvalue weighted by molar-refractivity contribution is 6.13. The van der Waals surface area contributed by atoms with Crippen LogP contribution in [-0.4, -0.2) is 23.5 Å². The first-order valence-electron chi connectivity index (χ1n) is 8.18. The van der Waals surface area contributed by atoms with Crippen molar-refractivity contribution in [2.24, 2.45) is 0 Å². The van der Waals surface area contributed by atoms with Crippen molar-refractivity contribution in [1.29, 1.82) is 0 Å². The summed E-state index contributed by atoms with van der Waals surface area (Å²) in [7, 11) is 0. The number of ketones is 1. The van der Waals surface area contributed by atoms with Gasteiger partial charge in [0, 0.05) is 5.56 Å². The maximum absolute atomic E-state index is 13.0. The number of rotatable bonds is 4. The average molecular weight is 324 g/mol. The molecule has 2 aromatic carbocycles. The summed E-state index contributed by atoms with van der Waals surface area (Å²) >= 11 is 0. The predicted octanol–water partition coefficient (Wildman–Crippen LogP) is 3.60. The number of ether oxygens (including phenoxy) is 1. The minimum atomic E-state index is -0.888. The molecule has 1 N–H and O–H groups in total. The molecule has 0 heterocycles. The quantitative estimate of drug-likeness (QED) is 0.933. The molecule has 124 valence electrons. The van der Waals surface area contributed by atoms with Crippen molar-refractivity contribution in [2.75, 3.05) is 6.61 Å². The third kappa shape index (κ3) is 2.80. The summed E-state index contributed by atoms with van der Waals surface area (Å²) in [6.07, 6.45) is 1.45. The summed E-state index contributed by atoms with van der Waals surface area (Å²) in [6, 6.07) is 11.2. The molecule has 0 spiro atoms. The van der Waals surface area contributed by atoms with Crippen LogP contribution in [0.2, 0.25) is 0 Å². The van der Waals surface area contributed by atoms with E-state index in [0.717, 1.165) is 17.5 Å². The van der Waals surface area contributed by atoms with E-state index in [4.69, 9.17) is 4.74 Å². The Hall–Kier alpha value is -2.62. The van der Waals surface area contributed by atoms with E-state index in [1.165, 1.54) is 0 Å². The van der Waals surface area contributed by atoms with Gasteiger partial charge in [-0.15, -0.1) is 0 Å². The summed E-state index contributed by atoms with van der Waals surface area (Å²) in [5.41, 5.74) is 3.84. The topological polar surface area (TPSA) is 63.6 Å². The summed E-state index contributed by atoms with van der Waals surface area (Å²) in [5.74, 6) is -1.09. The zero-order chi connectivity index (χ0) is 17.3. The van der Waals surface area contributed by atoms with E-state index in [1.54, 1.807) is 13.0 Å². The Morgan fingerprint density at radius 1 is 1.21 bits per heavy atom. The molecule has 4 nitrogen and oxygen atoms in total. The highest BCUT2D eigenvalue weighted by Gasteiger charge is 2.27. The van der Waals surface area contributed by atoms with Gasteiger partial charge in [0.2, 0.25) is 0 Å². The molecule has 1 atom stereocenters. The van der Waals surface area contributed by atoms with Crippen molar-refractivity contribution in [2.45, 2.75) is 32.6 Å². The normalized spacial score (nSPS) is 14.3. The van der Waals surface area contributed by atoms with Crippen LogP contribution in [-0.2, 0) is 17.6 Å². The number of fused-ring (bicyclic) bond motifs is 2. The van der Waals surface area contributed by atoms with Crippen LogP contribution in [0.5, 0.6) is 5.75 Å². The average Bonchev–Trinajstić information content (AvgIpc) is 2.72. The second-order valence-electron chi connectivity index (χ2n) is 6.03. The lowest BCUT2D eigenvalue weighted by molar-refractivity contribution is -0.138. The Morgan fingerprint density at radius 3 is 2.62 bits per heavy atom. The summed E-state index contributed by atoms with van der Waals surface area (Å²) in [6.45, 7) is 3.92. The Kier molecular flexibility index (Phi) is 4.38. The summed E-state index contributed by atoms with van der Waals surface area (Å²) < 4.78 is 5.70. The zero-order valence-electron chi connectivity index (χ0n) is 13.8. The molecule has 1 unspecified atom stereocenters. The third-order valence-corrected chi connectivity index (χ3v) is 4.53. The maximum atomic E-state index is 13.0. The molecule has 0 saturated carbocycles. The first-order valence-corrected chi connectivity index (χ1v) is 8.18. The standard InChI is InChI=1S/C20H20O4/c1-3-24-17-11-15(12(2)20(22)23)10-14-9-8-13-6-4-5-7-16(13)19(21)18(14)17/h4-7,10-12H,3,8-9H2,1-2H3,(H,22,23). The fourth-order valence-corrected chi connectivity index (χ4v) is 3.18. The number of aryl methyl sites for hydroxylation is 2. The number of carboxylic acid groups (broad SMARTS) is 1. The van der Waals surface area contributed by atoms with Crippen LogP contribution >= 0.6 is 0 Å². The lowest BCUT2D eigenvalue weighted by atomic mass is 9.92. The molecule has 1 aliphatic rings. The molecule has 1 aliphatic carbocycles. The lowest BCUT2D eigenvalue weighted by Gasteiger charge is -2.16. The third-order valence-electron chi connectivity index (χ3n) is 4.53. The van der Waals surface area contributed by atoms with E-state index in [1.807, 2.05) is 37.3 Å². The number of hydrogen-bond donors (Lipinski definition) is 1. The lowest BCUT2D eigenvalue weighted by Crippen LogP contribution is -2.12.